The fourth-order valence-corrected chi connectivity index (χ4v) is 3.77. The second-order valence-electron chi connectivity index (χ2n) is 4.90. The number of pyridine rings is 1. The first-order chi connectivity index (χ1) is 10.6. The van der Waals surface area contributed by atoms with Crippen LogP contribution in [-0.4, -0.2) is 15.9 Å². The zero-order valence-corrected chi connectivity index (χ0v) is 13.9. The Morgan fingerprint density at radius 1 is 1.32 bits per heavy atom. The molecule has 0 aliphatic heterocycles. The largest absolute Gasteiger partial charge is 0.343 e. The van der Waals surface area contributed by atoms with Crippen LogP contribution in [0, 0.1) is 6.92 Å². The topological polar surface area (TPSA) is 54.9 Å². The van der Waals surface area contributed by atoms with Gasteiger partial charge in [-0.1, -0.05) is 6.07 Å². The predicted molar refractivity (Wildman–Crippen MR) is 90.3 cm³/mol. The molecular weight excluding hydrogens is 314 g/mol. The van der Waals surface area contributed by atoms with Crippen molar-refractivity contribution in [1.29, 1.82) is 0 Å². The number of hydrogen-bond acceptors (Lipinski definition) is 5. The summed E-state index contributed by atoms with van der Waals surface area (Å²) in [4.78, 5) is 21.9. The van der Waals surface area contributed by atoms with Gasteiger partial charge in [0.05, 0.1) is 17.4 Å². The van der Waals surface area contributed by atoms with Crippen LogP contribution in [0.5, 0.6) is 0 Å². The summed E-state index contributed by atoms with van der Waals surface area (Å²) >= 11 is 3.05. The lowest BCUT2D eigenvalue weighted by Gasteiger charge is -2.12. The van der Waals surface area contributed by atoms with E-state index in [0.717, 1.165) is 22.0 Å². The molecule has 0 bridgehead atoms. The highest BCUT2D eigenvalue weighted by atomic mass is 32.1. The lowest BCUT2D eigenvalue weighted by Crippen LogP contribution is -2.27. The van der Waals surface area contributed by atoms with Gasteiger partial charge in [-0.05, 0) is 37.4 Å². The third-order valence-electron chi connectivity index (χ3n) is 3.25. The monoisotopic (exact) mass is 329 g/mol. The molecule has 1 amide bonds. The van der Waals surface area contributed by atoms with Gasteiger partial charge < -0.3 is 5.32 Å². The quantitative estimate of drug-likeness (QED) is 0.785. The zero-order valence-electron chi connectivity index (χ0n) is 12.2. The zero-order chi connectivity index (χ0) is 15.5. The average Bonchev–Trinajstić information content (AvgIpc) is 3.17. The maximum Gasteiger partial charge on any atom is 0.263 e. The first kappa shape index (κ1) is 14.9. The second-order valence-corrected chi connectivity index (χ2v) is 6.67. The molecule has 3 aromatic heterocycles. The van der Waals surface area contributed by atoms with Gasteiger partial charge in [-0.2, -0.15) is 11.3 Å². The molecule has 4 nitrogen and oxygen atoms in total. The summed E-state index contributed by atoms with van der Waals surface area (Å²) in [5.41, 5.74) is 2.67. The summed E-state index contributed by atoms with van der Waals surface area (Å²) in [6.07, 6.45) is 1.73. The number of thiazole rings is 1. The number of nitrogens with zero attached hydrogens (tertiary/aromatic N) is 2. The molecule has 112 valence electrons. The molecule has 0 saturated heterocycles. The summed E-state index contributed by atoms with van der Waals surface area (Å²) in [5.74, 6) is -0.102. The van der Waals surface area contributed by atoms with Gasteiger partial charge in [0.2, 0.25) is 0 Å². The molecule has 22 heavy (non-hydrogen) atoms. The van der Waals surface area contributed by atoms with E-state index in [2.05, 4.69) is 15.3 Å². The molecule has 6 heteroatoms. The van der Waals surface area contributed by atoms with Gasteiger partial charge in [0.25, 0.3) is 5.91 Å². The third kappa shape index (κ3) is 3.08. The van der Waals surface area contributed by atoms with E-state index in [1.807, 2.05) is 48.9 Å². The Kier molecular flexibility index (Phi) is 4.31. The Morgan fingerprint density at radius 2 is 2.18 bits per heavy atom. The van der Waals surface area contributed by atoms with Crippen molar-refractivity contribution < 1.29 is 4.79 Å². The summed E-state index contributed by atoms with van der Waals surface area (Å²) in [7, 11) is 0. The third-order valence-corrected chi connectivity index (χ3v) is 5.14. The predicted octanol–water partition coefficient (Wildman–Crippen LogP) is 4.07. The number of thiophene rings is 1. The van der Waals surface area contributed by atoms with Crippen molar-refractivity contribution in [3.63, 3.8) is 0 Å². The van der Waals surface area contributed by atoms with Crippen molar-refractivity contribution >= 4 is 28.6 Å². The summed E-state index contributed by atoms with van der Waals surface area (Å²) < 4.78 is 0. The highest BCUT2D eigenvalue weighted by Crippen LogP contribution is 2.29. The molecule has 0 radical (unpaired) electrons. The molecule has 0 aliphatic rings. The van der Waals surface area contributed by atoms with Crippen molar-refractivity contribution in [2.24, 2.45) is 0 Å². The molecular formula is C16H15N3OS2. The number of carbonyl (C=O) groups is 1. The van der Waals surface area contributed by atoms with Crippen LogP contribution in [0.3, 0.4) is 0 Å². The van der Waals surface area contributed by atoms with Gasteiger partial charge in [0.15, 0.2) is 0 Å². The van der Waals surface area contributed by atoms with Crippen molar-refractivity contribution in [3.05, 3.63) is 57.5 Å². The summed E-state index contributed by atoms with van der Waals surface area (Å²) in [6.45, 7) is 3.79. The van der Waals surface area contributed by atoms with E-state index in [9.17, 15) is 4.79 Å². The molecule has 0 fully saturated rings. The molecule has 1 atom stereocenters. The van der Waals surface area contributed by atoms with Gasteiger partial charge in [-0.25, -0.2) is 4.98 Å². The lowest BCUT2D eigenvalue weighted by atomic mass is 10.2. The van der Waals surface area contributed by atoms with Crippen molar-refractivity contribution in [2.45, 2.75) is 19.9 Å². The maximum atomic E-state index is 12.5. The van der Waals surface area contributed by atoms with Gasteiger partial charge in [-0.3, -0.25) is 9.78 Å². The van der Waals surface area contributed by atoms with Crippen molar-refractivity contribution in [2.75, 3.05) is 0 Å². The minimum absolute atomic E-state index is 0.102. The Balaban J connectivity index is 1.78. The Morgan fingerprint density at radius 3 is 2.86 bits per heavy atom. The highest BCUT2D eigenvalue weighted by molar-refractivity contribution is 7.17. The van der Waals surface area contributed by atoms with Gasteiger partial charge >= 0.3 is 0 Å². The van der Waals surface area contributed by atoms with Crippen LogP contribution < -0.4 is 5.32 Å². The van der Waals surface area contributed by atoms with E-state index in [1.54, 1.807) is 17.5 Å². The summed E-state index contributed by atoms with van der Waals surface area (Å²) in [5, 5.41) is 7.91. The van der Waals surface area contributed by atoms with Crippen molar-refractivity contribution in [3.8, 4) is 10.6 Å². The SMILES string of the molecule is Cc1nc(-c2ccsc2)sc1C(=O)NC(C)c1ccccn1. The number of amides is 1. The molecule has 3 heterocycles. The number of carbonyl (C=O) groups excluding carboxylic acids is 1. The molecule has 0 aliphatic carbocycles. The van der Waals surface area contributed by atoms with E-state index in [1.165, 1.54) is 11.3 Å². The van der Waals surface area contributed by atoms with Crippen LogP contribution >= 0.6 is 22.7 Å². The first-order valence-electron chi connectivity index (χ1n) is 6.87. The molecule has 3 aromatic rings. The van der Waals surface area contributed by atoms with Crippen LogP contribution in [0.25, 0.3) is 10.6 Å². The fraction of sp³-hybridized carbons (Fsp3) is 0.188. The Labute approximate surface area is 136 Å². The minimum atomic E-state index is -0.139. The smallest absolute Gasteiger partial charge is 0.263 e. The van der Waals surface area contributed by atoms with E-state index in [-0.39, 0.29) is 11.9 Å². The molecule has 1 unspecified atom stereocenters. The standard InChI is InChI=1S/C16H15N3OS2/c1-10(13-5-3-4-7-17-13)18-15(20)14-11(2)19-16(22-14)12-6-8-21-9-12/h3-10H,1-2H3,(H,18,20). The fourth-order valence-electron chi connectivity index (χ4n) is 2.08. The van der Waals surface area contributed by atoms with Gasteiger partial charge in [0.1, 0.15) is 9.88 Å². The average molecular weight is 329 g/mol. The first-order valence-corrected chi connectivity index (χ1v) is 8.63. The number of aromatic nitrogens is 2. The number of rotatable bonds is 4. The van der Waals surface area contributed by atoms with Crippen LogP contribution in [0.1, 0.15) is 34.0 Å². The number of aryl methyl sites for hydroxylation is 1. The Bertz CT molecular complexity index is 766. The Hall–Kier alpha value is -2.05. The maximum absolute atomic E-state index is 12.5. The molecule has 0 spiro atoms. The highest BCUT2D eigenvalue weighted by Gasteiger charge is 2.18. The molecule has 3 rings (SSSR count). The van der Waals surface area contributed by atoms with Crippen LogP contribution in [0.15, 0.2) is 41.2 Å². The van der Waals surface area contributed by atoms with E-state index in [0.29, 0.717) is 4.88 Å². The van der Waals surface area contributed by atoms with E-state index < -0.39 is 0 Å². The van der Waals surface area contributed by atoms with E-state index >= 15 is 0 Å². The van der Waals surface area contributed by atoms with Gasteiger partial charge in [0, 0.05) is 17.1 Å². The molecule has 1 N–H and O–H groups in total. The van der Waals surface area contributed by atoms with Crippen LogP contribution in [-0.2, 0) is 0 Å². The van der Waals surface area contributed by atoms with Gasteiger partial charge in [-0.15, -0.1) is 11.3 Å². The molecule has 0 saturated carbocycles. The minimum Gasteiger partial charge on any atom is -0.343 e. The summed E-state index contributed by atoms with van der Waals surface area (Å²) in [6, 6.07) is 7.55. The normalized spacial score (nSPS) is 12.1. The van der Waals surface area contributed by atoms with E-state index in [4.69, 9.17) is 0 Å². The van der Waals surface area contributed by atoms with Crippen LogP contribution in [0.2, 0.25) is 0 Å². The lowest BCUT2D eigenvalue weighted by molar-refractivity contribution is 0.0942. The molecule has 0 aromatic carbocycles. The second kappa shape index (κ2) is 6.37. The van der Waals surface area contributed by atoms with Crippen molar-refractivity contribution in [1.82, 2.24) is 15.3 Å². The van der Waals surface area contributed by atoms with Crippen LogP contribution in [0.4, 0.5) is 0 Å². The number of nitrogens with one attached hydrogen (secondary N) is 1. The number of hydrogen-bond donors (Lipinski definition) is 1.